The highest BCUT2D eigenvalue weighted by atomic mass is 16.5. The smallest absolute Gasteiger partial charge is 0.413 e. The zero-order valence-electron chi connectivity index (χ0n) is 14.1. The molecule has 0 bridgehead atoms. The fourth-order valence-corrected chi connectivity index (χ4v) is 2.44. The van der Waals surface area contributed by atoms with Crippen LogP contribution >= 0.6 is 0 Å². The molecule has 0 fully saturated rings. The molecule has 2 aromatic carbocycles. The van der Waals surface area contributed by atoms with E-state index in [-0.39, 0.29) is 6.61 Å². The van der Waals surface area contributed by atoms with Gasteiger partial charge in [-0.1, -0.05) is 48.6 Å². The fraction of sp³-hybridized carbons (Fsp3) is 0.263. The van der Waals surface area contributed by atoms with Gasteiger partial charge in [0.25, 0.3) is 0 Å². The van der Waals surface area contributed by atoms with E-state index < -0.39 is 5.97 Å². The molecule has 6 heteroatoms. The van der Waals surface area contributed by atoms with Crippen LogP contribution in [0.15, 0.2) is 48.6 Å². The molecule has 6 nitrogen and oxygen atoms in total. The monoisotopic (exact) mass is 340 g/mol. The van der Waals surface area contributed by atoms with Gasteiger partial charge in [-0.2, -0.15) is 4.79 Å². The lowest BCUT2D eigenvalue weighted by Gasteiger charge is -2.11. The Balaban J connectivity index is 2.13. The summed E-state index contributed by atoms with van der Waals surface area (Å²) in [6, 6.07) is 11.8. The lowest BCUT2D eigenvalue weighted by molar-refractivity contribution is -0.140. The summed E-state index contributed by atoms with van der Waals surface area (Å²) in [6.45, 7) is 1.58. The summed E-state index contributed by atoms with van der Waals surface area (Å²) in [6.07, 6.45) is 4.53. The summed E-state index contributed by atoms with van der Waals surface area (Å²) in [4.78, 5) is 14.0. The molecule has 25 heavy (non-hydrogen) atoms. The number of esters is 1. The van der Waals surface area contributed by atoms with E-state index in [0.29, 0.717) is 19.8 Å². The molecule has 0 saturated carbocycles. The second-order valence-corrected chi connectivity index (χ2v) is 5.23. The Labute approximate surface area is 146 Å². The van der Waals surface area contributed by atoms with Crippen molar-refractivity contribution in [1.82, 2.24) is 0 Å². The molecule has 0 amide bonds. The van der Waals surface area contributed by atoms with E-state index in [2.05, 4.69) is 4.79 Å². The molecule has 2 rings (SSSR count). The fourth-order valence-electron chi connectivity index (χ4n) is 2.44. The van der Waals surface area contributed by atoms with Gasteiger partial charge in [0.15, 0.2) is 0 Å². The van der Waals surface area contributed by atoms with Crippen LogP contribution < -0.4 is 0 Å². The van der Waals surface area contributed by atoms with E-state index in [9.17, 15) is 4.79 Å². The number of nitrogens with zero attached hydrogens (tertiary/aromatic N) is 2. The summed E-state index contributed by atoms with van der Waals surface area (Å²) in [5, 5.41) is 2.04. The molecule has 0 N–H and O–H groups in total. The third-order valence-electron chi connectivity index (χ3n) is 3.51. The van der Waals surface area contributed by atoms with E-state index in [1.807, 2.05) is 48.6 Å². The largest absolute Gasteiger partial charge is 0.452 e. The third-order valence-corrected chi connectivity index (χ3v) is 3.51. The standard InChI is InChI=1S/C19H20N2O4/c1-23-10-2-3-11-24-13-16-8-4-6-15-7-5-9-17(19(15)16)14-25-18(22)12-21-20/h2-9,12H,10-11,13-14H2,1H3/b3-2+. The van der Waals surface area contributed by atoms with Crippen molar-refractivity contribution in [2.75, 3.05) is 20.3 Å². The Morgan fingerprint density at radius 2 is 1.76 bits per heavy atom. The van der Waals surface area contributed by atoms with Crippen molar-refractivity contribution in [3.63, 3.8) is 0 Å². The van der Waals surface area contributed by atoms with Crippen LogP contribution in [0.4, 0.5) is 0 Å². The first-order valence-corrected chi connectivity index (χ1v) is 7.81. The third kappa shape index (κ3) is 5.65. The number of fused-ring (bicyclic) bond motifs is 1. The summed E-state index contributed by atoms with van der Waals surface area (Å²) < 4.78 is 15.7. The van der Waals surface area contributed by atoms with Gasteiger partial charge in [0.1, 0.15) is 6.61 Å². The molecule has 130 valence electrons. The van der Waals surface area contributed by atoms with Crippen molar-refractivity contribution >= 4 is 23.0 Å². The number of hydrogen-bond donors (Lipinski definition) is 0. The Morgan fingerprint density at radius 3 is 2.44 bits per heavy atom. The molecule has 0 aliphatic carbocycles. The van der Waals surface area contributed by atoms with Crippen LogP contribution in [-0.2, 0) is 32.2 Å². The average molecular weight is 340 g/mol. The number of ether oxygens (including phenoxy) is 3. The van der Waals surface area contributed by atoms with Gasteiger partial charge in [-0.25, -0.2) is 4.79 Å². The highest BCUT2D eigenvalue weighted by Crippen LogP contribution is 2.24. The number of benzene rings is 2. The first-order chi connectivity index (χ1) is 12.3. The van der Waals surface area contributed by atoms with Crippen molar-refractivity contribution < 1.29 is 23.8 Å². The Morgan fingerprint density at radius 1 is 1.08 bits per heavy atom. The predicted molar refractivity (Wildman–Crippen MR) is 94.1 cm³/mol. The zero-order valence-corrected chi connectivity index (χ0v) is 14.1. The molecule has 0 spiro atoms. The molecule has 2 aromatic rings. The molecule has 0 heterocycles. The van der Waals surface area contributed by atoms with Crippen LogP contribution in [0.2, 0.25) is 0 Å². The van der Waals surface area contributed by atoms with Crippen LogP contribution in [0.1, 0.15) is 11.1 Å². The second kappa shape index (κ2) is 10.2. The van der Waals surface area contributed by atoms with Crippen LogP contribution in [0.3, 0.4) is 0 Å². The second-order valence-electron chi connectivity index (χ2n) is 5.23. The maximum atomic E-state index is 11.4. The Kier molecular flexibility index (Phi) is 7.53. The lowest BCUT2D eigenvalue weighted by atomic mass is 10.00. The van der Waals surface area contributed by atoms with Crippen molar-refractivity contribution in [1.29, 1.82) is 0 Å². The Hall–Kier alpha value is -2.79. The van der Waals surface area contributed by atoms with Crippen LogP contribution in [0, 0.1) is 0 Å². The van der Waals surface area contributed by atoms with E-state index in [0.717, 1.165) is 28.1 Å². The molecule has 0 atom stereocenters. The van der Waals surface area contributed by atoms with E-state index in [4.69, 9.17) is 19.7 Å². The van der Waals surface area contributed by atoms with E-state index >= 15 is 0 Å². The molecule has 0 radical (unpaired) electrons. The normalized spacial score (nSPS) is 10.8. The molecule has 0 unspecified atom stereocenters. The quantitative estimate of drug-likeness (QED) is 0.175. The number of carbonyl (C=O) groups excluding carboxylic acids is 1. The summed E-state index contributed by atoms with van der Waals surface area (Å²) in [7, 11) is 1.64. The minimum absolute atomic E-state index is 0.0902. The van der Waals surface area contributed by atoms with Gasteiger partial charge in [0.2, 0.25) is 0 Å². The SMILES string of the molecule is COC/C=C/COCc1cccc2cccc(COC(=O)C=[N+]=[N-])c12. The predicted octanol–water partition coefficient (Wildman–Crippen LogP) is 2.90. The van der Waals surface area contributed by atoms with Gasteiger partial charge in [0, 0.05) is 7.11 Å². The molecule has 0 aliphatic rings. The van der Waals surface area contributed by atoms with Crippen LogP contribution in [-0.4, -0.2) is 37.3 Å². The molecule has 0 aliphatic heterocycles. The number of methoxy groups -OCH3 is 1. The molecular weight excluding hydrogens is 320 g/mol. The zero-order chi connectivity index (χ0) is 17.9. The molecule has 0 saturated heterocycles. The van der Waals surface area contributed by atoms with Crippen molar-refractivity contribution in [2.24, 2.45) is 0 Å². The summed E-state index contributed by atoms with van der Waals surface area (Å²) in [5.74, 6) is -0.698. The van der Waals surface area contributed by atoms with E-state index in [1.165, 1.54) is 0 Å². The summed E-state index contributed by atoms with van der Waals surface area (Å²) in [5.41, 5.74) is 10.2. The number of hydrogen-bond acceptors (Lipinski definition) is 4. The summed E-state index contributed by atoms with van der Waals surface area (Å²) >= 11 is 0. The van der Waals surface area contributed by atoms with Gasteiger partial charge in [-0.05, 0) is 21.9 Å². The van der Waals surface area contributed by atoms with Gasteiger partial charge in [-0.3, -0.25) is 0 Å². The van der Waals surface area contributed by atoms with Gasteiger partial charge in [-0.15, -0.1) is 0 Å². The molecular formula is C19H20N2O4. The average Bonchev–Trinajstić information content (AvgIpc) is 2.63. The highest BCUT2D eigenvalue weighted by molar-refractivity contribution is 6.20. The highest BCUT2D eigenvalue weighted by Gasteiger charge is 2.09. The minimum atomic E-state index is -0.698. The van der Waals surface area contributed by atoms with Crippen molar-refractivity contribution in [3.8, 4) is 0 Å². The first kappa shape index (κ1) is 18.5. The van der Waals surface area contributed by atoms with Gasteiger partial charge < -0.3 is 19.7 Å². The van der Waals surface area contributed by atoms with Crippen molar-refractivity contribution in [3.05, 3.63) is 65.2 Å². The van der Waals surface area contributed by atoms with Gasteiger partial charge >= 0.3 is 12.2 Å². The number of rotatable bonds is 9. The molecule has 0 aromatic heterocycles. The number of carbonyl (C=O) groups is 1. The maximum absolute atomic E-state index is 11.4. The van der Waals surface area contributed by atoms with Crippen LogP contribution in [0.25, 0.3) is 16.3 Å². The van der Waals surface area contributed by atoms with Crippen molar-refractivity contribution in [2.45, 2.75) is 13.2 Å². The van der Waals surface area contributed by atoms with Crippen LogP contribution in [0.5, 0.6) is 0 Å². The Bertz CT molecular complexity index is 790. The minimum Gasteiger partial charge on any atom is -0.452 e. The lowest BCUT2D eigenvalue weighted by Crippen LogP contribution is -2.07. The van der Waals surface area contributed by atoms with E-state index in [1.54, 1.807) is 7.11 Å². The van der Waals surface area contributed by atoms with Gasteiger partial charge in [0.05, 0.1) is 19.8 Å². The first-order valence-electron chi connectivity index (χ1n) is 7.81. The topological polar surface area (TPSA) is 81.2 Å². The maximum Gasteiger partial charge on any atom is 0.413 e.